The standard InChI is InChI=1S/C10H12FIO2/c1-6(2)14-10-7(5-13)3-8(12)4-9(10)11/h3-4,6,13H,5H2,1-2H3. The van der Waals surface area contributed by atoms with Gasteiger partial charge in [0.2, 0.25) is 0 Å². The Morgan fingerprint density at radius 1 is 1.50 bits per heavy atom. The van der Waals surface area contributed by atoms with E-state index in [1.807, 2.05) is 36.4 Å². The van der Waals surface area contributed by atoms with Crippen LogP contribution in [-0.2, 0) is 6.61 Å². The zero-order valence-corrected chi connectivity index (χ0v) is 10.2. The lowest BCUT2D eigenvalue weighted by Gasteiger charge is -2.14. The molecule has 0 aliphatic heterocycles. The Kier molecular flexibility index (Phi) is 4.12. The quantitative estimate of drug-likeness (QED) is 0.870. The third kappa shape index (κ3) is 2.81. The average molecular weight is 310 g/mol. The van der Waals surface area contributed by atoms with Gasteiger partial charge in [-0.2, -0.15) is 0 Å². The van der Waals surface area contributed by atoms with E-state index >= 15 is 0 Å². The number of rotatable bonds is 3. The Morgan fingerprint density at radius 3 is 2.64 bits per heavy atom. The van der Waals surface area contributed by atoms with Gasteiger partial charge in [0.15, 0.2) is 11.6 Å². The van der Waals surface area contributed by atoms with Crippen LogP contribution in [0.2, 0.25) is 0 Å². The summed E-state index contributed by atoms with van der Waals surface area (Å²) in [4.78, 5) is 0. The van der Waals surface area contributed by atoms with Gasteiger partial charge in [-0.3, -0.25) is 0 Å². The van der Waals surface area contributed by atoms with E-state index in [4.69, 9.17) is 9.84 Å². The molecule has 0 saturated heterocycles. The van der Waals surface area contributed by atoms with Crippen LogP contribution in [-0.4, -0.2) is 11.2 Å². The maximum atomic E-state index is 13.4. The Bertz CT molecular complexity index is 326. The van der Waals surface area contributed by atoms with E-state index < -0.39 is 5.82 Å². The number of aliphatic hydroxyl groups excluding tert-OH is 1. The third-order valence-electron chi connectivity index (χ3n) is 1.61. The van der Waals surface area contributed by atoms with Gasteiger partial charge in [0, 0.05) is 9.13 Å². The molecule has 1 N–H and O–H groups in total. The lowest BCUT2D eigenvalue weighted by molar-refractivity contribution is 0.215. The Morgan fingerprint density at radius 2 is 2.14 bits per heavy atom. The molecule has 0 bridgehead atoms. The molecule has 1 aromatic rings. The fraction of sp³-hybridized carbons (Fsp3) is 0.400. The summed E-state index contributed by atoms with van der Waals surface area (Å²) in [7, 11) is 0. The first-order chi connectivity index (χ1) is 6.54. The zero-order chi connectivity index (χ0) is 10.7. The summed E-state index contributed by atoms with van der Waals surface area (Å²) >= 11 is 2.00. The lowest BCUT2D eigenvalue weighted by atomic mass is 10.2. The molecule has 0 atom stereocenters. The molecule has 14 heavy (non-hydrogen) atoms. The van der Waals surface area contributed by atoms with Crippen molar-refractivity contribution in [2.45, 2.75) is 26.6 Å². The number of halogens is 2. The highest BCUT2D eigenvalue weighted by Crippen LogP contribution is 2.26. The summed E-state index contributed by atoms with van der Waals surface area (Å²) in [5, 5.41) is 9.03. The molecule has 0 aromatic heterocycles. The Balaban J connectivity index is 3.11. The highest BCUT2D eigenvalue weighted by atomic mass is 127. The van der Waals surface area contributed by atoms with Crippen LogP contribution >= 0.6 is 22.6 Å². The van der Waals surface area contributed by atoms with Crippen molar-refractivity contribution in [3.05, 3.63) is 27.1 Å². The van der Waals surface area contributed by atoms with Crippen molar-refractivity contribution in [3.63, 3.8) is 0 Å². The molecule has 1 aromatic carbocycles. The molecule has 4 heteroatoms. The molecule has 1 rings (SSSR count). The van der Waals surface area contributed by atoms with Crippen molar-refractivity contribution < 1.29 is 14.2 Å². The lowest BCUT2D eigenvalue weighted by Crippen LogP contribution is -2.09. The van der Waals surface area contributed by atoms with Crippen molar-refractivity contribution in [1.29, 1.82) is 0 Å². The second kappa shape index (κ2) is 4.93. The molecule has 0 amide bonds. The second-order valence-electron chi connectivity index (χ2n) is 3.20. The summed E-state index contributed by atoms with van der Waals surface area (Å²) in [5.41, 5.74) is 0.489. The first-order valence-corrected chi connectivity index (χ1v) is 5.38. The summed E-state index contributed by atoms with van der Waals surface area (Å²) in [6, 6.07) is 3.10. The van der Waals surface area contributed by atoms with E-state index in [1.54, 1.807) is 6.07 Å². The van der Waals surface area contributed by atoms with Crippen molar-refractivity contribution in [2.75, 3.05) is 0 Å². The monoisotopic (exact) mass is 310 g/mol. The minimum atomic E-state index is -0.422. The summed E-state index contributed by atoms with van der Waals surface area (Å²) in [6.07, 6.45) is -0.102. The van der Waals surface area contributed by atoms with Crippen LogP contribution in [0.1, 0.15) is 19.4 Å². The van der Waals surface area contributed by atoms with Gasteiger partial charge < -0.3 is 9.84 Å². The number of benzene rings is 1. The second-order valence-corrected chi connectivity index (χ2v) is 4.45. The van der Waals surface area contributed by atoms with Crippen molar-refractivity contribution >= 4 is 22.6 Å². The largest absolute Gasteiger partial charge is 0.488 e. The summed E-state index contributed by atoms with van der Waals surface area (Å²) < 4.78 is 19.5. The Hall–Kier alpha value is -0.360. The number of aliphatic hydroxyl groups is 1. The molecule has 0 aliphatic carbocycles. The molecule has 0 spiro atoms. The van der Waals surface area contributed by atoms with Crippen LogP contribution in [0.15, 0.2) is 12.1 Å². The Labute approximate surface area is 96.2 Å². The maximum absolute atomic E-state index is 13.4. The van der Waals surface area contributed by atoms with Gasteiger partial charge in [-0.05, 0) is 48.6 Å². The van der Waals surface area contributed by atoms with Crippen molar-refractivity contribution in [1.82, 2.24) is 0 Å². The van der Waals surface area contributed by atoms with Crippen molar-refractivity contribution in [3.8, 4) is 5.75 Å². The van der Waals surface area contributed by atoms with Gasteiger partial charge in [0.1, 0.15) is 0 Å². The summed E-state index contributed by atoms with van der Waals surface area (Å²) in [5.74, 6) is -0.266. The molecule has 0 heterocycles. The van der Waals surface area contributed by atoms with Crippen molar-refractivity contribution in [2.24, 2.45) is 0 Å². The van der Waals surface area contributed by atoms with E-state index in [9.17, 15) is 4.39 Å². The molecule has 0 fully saturated rings. The fourth-order valence-electron chi connectivity index (χ4n) is 1.10. The minimum absolute atomic E-state index is 0.102. The van der Waals surface area contributed by atoms with E-state index in [1.165, 1.54) is 6.07 Å². The van der Waals surface area contributed by atoms with Gasteiger partial charge in [0.25, 0.3) is 0 Å². The highest BCUT2D eigenvalue weighted by molar-refractivity contribution is 14.1. The average Bonchev–Trinajstić information content (AvgIpc) is 2.08. The van der Waals surface area contributed by atoms with Crippen LogP contribution in [0, 0.1) is 9.39 Å². The zero-order valence-electron chi connectivity index (χ0n) is 8.05. The molecule has 0 radical (unpaired) electrons. The van der Waals surface area contributed by atoms with Crippen LogP contribution in [0.3, 0.4) is 0 Å². The van der Waals surface area contributed by atoms with Crippen LogP contribution < -0.4 is 4.74 Å². The predicted molar refractivity (Wildman–Crippen MR) is 60.8 cm³/mol. The van der Waals surface area contributed by atoms with E-state index in [0.29, 0.717) is 5.56 Å². The molecular weight excluding hydrogens is 298 g/mol. The van der Waals surface area contributed by atoms with E-state index in [2.05, 4.69) is 0 Å². The minimum Gasteiger partial charge on any atom is -0.488 e. The van der Waals surface area contributed by atoms with Crippen LogP contribution in [0.5, 0.6) is 5.75 Å². The fourth-order valence-corrected chi connectivity index (χ4v) is 1.75. The molecule has 2 nitrogen and oxygen atoms in total. The molecular formula is C10H12FIO2. The first-order valence-electron chi connectivity index (χ1n) is 4.30. The number of hydrogen-bond donors (Lipinski definition) is 1. The number of ether oxygens (including phenoxy) is 1. The molecule has 0 aliphatic rings. The SMILES string of the molecule is CC(C)Oc1c(F)cc(I)cc1CO. The summed E-state index contributed by atoms with van der Waals surface area (Å²) in [6.45, 7) is 3.42. The van der Waals surface area contributed by atoms with E-state index in [0.717, 1.165) is 3.57 Å². The molecule has 0 unspecified atom stereocenters. The van der Waals surface area contributed by atoms with Gasteiger partial charge in [-0.1, -0.05) is 0 Å². The predicted octanol–water partition coefficient (Wildman–Crippen LogP) is 2.71. The van der Waals surface area contributed by atoms with E-state index in [-0.39, 0.29) is 18.5 Å². The number of hydrogen-bond acceptors (Lipinski definition) is 2. The molecule has 0 saturated carbocycles. The highest BCUT2D eigenvalue weighted by Gasteiger charge is 2.12. The van der Waals surface area contributed by atoms with Crippen LogP contribution in [0.4, 0.5) is 4.39 Å². The normalized spacial score (nSPS) is 10.7. The van der Waals surface area contributed by atoms with Gasteiger partial charge in [0.05, 0.1) is 12.7 Å². The van der Waals surface area contributed by atoms with Gasteiger partial charge in [-0.25, -0.2) is 4.39 Å². The smallest absolute Gasteiger partial charge is 0.166 e. The third-order valence-corrected chi connectivity index (χ3v) is 2.23. The topological polar surface area (TPSA) is 29.5 Å². The van der Waals surface area contributed by atoms with Gasteiger partial charge >= 0.3 is 0 Å². The first kappa shape index (κ1) is 11.7. The maximum Gasteiger partial charge on any atom is 0.166 e. The van der Waals surface area contributed by atoms with Gasteiger partial charge in [-0.15, -0.1) is 0 Å². The van der Waals surface area contributed by atoms with Crippen LogP contribution in [0.25, 0.3) is 0 Å². The molecule has 78 valence electrons.